The normalized spacial score (nSPS) is 10.6. The molecule has 0 spiro atoms. The van der Waals surface area contributed by atoms with Gasteiger partial charge in [-0.05, 0) is 25.8 Å². The van der Waals surface area contributed by atoms with E-state index in [4.69, 9.17) is 18.0 Å². The van der Waals surface area contributed by atoms with Crippen molar-refractivity contribution in [1.82, 2.24) is 10.3 Å². The summed E-state index contributed by atoms with van der Waals surface area (Å²) in [7, 11) is 1.85. The van der Waals surface area contributed by atoms with Gasteiger partial charge in [0.1, 0.15) is 4.99 Å². The number of hydrogen-bond acceptors (Lipinski definition) is 4. The SMILES string of the molecule is Cc1cc(N(C)CC(=O)NCC(C)C)c(C(N)=S)c(C)n1. The number of pyridine rings is 1. The van der Waals surface area contributed by atoms with Gasteiger partial charge in [0, 0.05) is 25.0 Å². The molecular formula is C15H24N4OS. The molecule has 21 heavy (non-hydrogen) atoms. The van der Waals surface area contributed by atoms with Crippen molar-refractivity contribution in [2.75, 3.05) is 25.0 Å². The zero-order chi connectivity index (χ0) is 16.2. The molecule has 0 saturated heterocycles. The van der Waals surface area contributed by atoms with Gasteiger partial charge in [-0.1, -0.05) is 26.1 Å². The lowest BCUT2D eigenvalue weighted by Crippen LogP contribution is -2.37. The molecule has 0 saturated carbocycles. The quantitative estimate of drug-likeness (QED) is 0.780. The van der Waals surface area contributed by atoms with Gasteiger partial charge in [-0.2, -0.15) is 0 Å². The molecule has 0 aliphatic rings. The fraction of sp³-hybridized carbons (Fsp3) is 0.533. The summed E-state index contributed by atoms with van der Waals surface area (Å²) in [5.41, 5.74) is 9.02. The zero-order valence-corrected chi connectivity index (χ0v) is 14.2. The molecule has 116 valence electrons. The number of nitrogens with zero attached hydrogens (tertiary/aromatic N) is 2. The number of carbonyl (C=O) groups is 1. The summed E-state index contributed by atoms with van der Waals surface area (Å²) in [5.74, 6) is 0.407. The molecule has 0 aromatic carbocycles. The van der Waals surface area contributed by atoms with E-state index in [0.717, 1.165) is 22.6 Å². The Labute approximate surface area is 131 Å². The van der Waals surface area contributed by atoms with Gasteiger partial charge < -0.3 is 16.0 Å². The van der Waals surface area contributed by atoms with Crippen LogP contribution in [0.15, 0.2) is 6.07 Å². The molecule has 0 aliphatic carbocycles. The van der Waals surface area contributed by atoms with Crippen molar-refractivity contribution in [3.05, 3.63) is 23.0 Å². The molecule has 0 unspecified atom stereocenters. The maximum Gasteiger partial charge on any atom is 0.239 e. The van der Waals surface area contributed by atoms with Crippen molar-refractivity contribution in [2.24, 2.45) is 11.7 Å². The topological polar surface area (TPSA) is 71.2 Å². The van der Waals surface area contributed by atoms with Crippen molar-refractivity contribution in [1.29, 1.82) is 0 Å². The smallest absolute Gasteiger partial charge is 0.239 e. The van der Waals surface area contributed by atoms with Crippen LogP contribution < -0.4 is 16.0 Å². The van der Waals surface area contributed by atoms with E-state index < -0.39 is 0 Å². The zero-order valence-electron chi connectivity index (χ0n) is 13.4. The van der Waals surface area contributed by atoms with Gasteiger partial charge >= 0.3 is 0 Å². The number of anilines is 1. The predicted octanol–water partition coefficient (Wildman–Crippen LogP) is 1.54. The number of likely N-dealkylation sites (N-methyl/N-ethyl adjacent to an activating group) is 1. The lowest BCUT2D eigenvalue weighted by Gasteiger charge is -2.23. The lowest BCUT2D eigenvalue weighted by atomic mass is 10.1. The largest absolute Gasteiger partial charge is 0.389 e. The molecule has 1 rings (SSSR count). The molecule has 1 amide bonds. The van der Waals surface area contributed by atoms with Crippen LogP contribution in [0.4, 0.5) is 5.69 Å². The minimum atomic E-state index is -0.0211. The fourth-order valence-electron chi connectivity index (χ4n) is 2.09. The summed E-state index contributed by atoms with van der Waals surface area (Å²) in [6.07, 6.45) is 0. The highest BCUT2D eigenvalue weighted by atomic mass is 32.1. The van der Waals surface area contributed by atoms with E-state index in [1.165, 1.54) is 0 Å². The summed E-state index contributed by atoms with van der Waals surface area (Å²) in [6.45, 7) is 8.83. The van der Waals surface area contributed by atoms with Crippen molar-refractivity contribution in [3.8, 4) is 0 Å². The minimum Gasteiger partial charge on any atom is -0.389 e. The van der Waals surface area contributed by atoms with Gasteiger partial charge in [-0.25, -0.2) is 0 Å². The van der Waals surface area contributed by atoms with Crippen LogP contribution in [0.5, 0.6) is 0 Å². The third-order valence-corrected chi connectivity index (χ3v) is 3.26. The monoisotopic (exact) mass is 308 g/mol. The molecule has 1 heterocycles. The van der Waals surface area contributed by atoms with Crippen molar-refractivity contribution >= 4 is 28.8 Å². The Morgan fingerprint density at radius 2 is 2.10 bits per heavy atom. The Hall–Kier alpha value is -1.69. The van der Waals surface area contributed by atoms with Gasteiger partial charge in [0.2, 0.25) is 5.91 Å². The van der Waals surface area contributed by atoms with Crippen LogP contribution in [0, 0.1) is 19.8 Å². The van der Waals surface area contributed by atoms with E-state index in [0.29, 0.717) is 17.5 Å². The third kappa shape index (κ3) is 4.97. The average molecular weight is 308 g/mol. The minimum absolute atomic E-state index is 0.0211. The van der Waals surface area contributed by atoms with E-state index in [2.05, 4.69) is 24.1 Å². The van der Waals surface area contributed by atoms with Gasteiger partial charge in [-0.15, -0.1) is 0 Å². The summed E-state index contributed by atoms with van der Waals surface area (Å²) in [5, 5.41) is 2.90. The summed E-state index contributed by atoms with van der Waals surface area (Å²) in [6, 6.07) is 1.90. The maximum absolute atomic E-state index is 11.9. The Balaban J connectivity index is 2.94. The first-order valence-electron chi connectivity index (χ1n) is 6.98. The van der Waals surface area contributed by atoms with E-state index in [1.807, 2.05) is 31.9 Å². The number of aryl methyl sites for hydroxylation is 2. The number of aromatic nitrogens is 1. The summed E-state index contributed by atoms with van der Waals surface area (Å²) >= 11 is 5.11. The molecule has 0 aliphatic heterocycles. The van der Waals surface area contributed by atoms with Crippen molar-refractivity contribution in [2.45, 2.75) is 27.7 Å². The first-order chi connectivity index (χ1) is 9.72. The molecule has 1 aromatic rings. The molecular weight excluding hydrogens is 284 g/mol. The Morgan fingerprint density at radius 3 is 2.62 bits per heavy atom. The van der Waals surface area contributed by atoms with Crippen LogP contribution >= 0.6 is 12.2 Å². The second-order valence-corrected chi connectivity index (χ2v) is 6.10. The Bertz CT molecular complexity index is 543. The number of rotatable bonds is 6. The van der Waals surface area contributed by atoms with Crippen LogP contribution in [0.2, 0.25) is 0 Å². The molecule has 0 atom stereocenters. The van der Waals surface area contributed by atoms with E-state index in [1.54, 1.807) is 0 Å². The van der Waals surface area contributed by atoms with Crippen LogP contribution in [-0.4, -0.2) is 36.0 Å². The molecule has 1 aromatic heterocycles. The molecule has 0 fully saturated rings. The summed E-state index contributed by atoms with van der Waals surface area (Å²) < 4.78 is 0. The maximum atomic E-state index is 11.9. The second kappa shape index (κ2) is 7.36. The molecule has 5 nitrogen and oxygen atoms in total. The van der Waals surface area contributed by atoms with Crippen LogP contribution in [0.1, 0.15) is 30.8 Å². The first-order valence-corrected chi connectivity index (χ1v) is 7.39. The Kier molecular flexibility index (Phi) is 6.08. The number of carbonyl (C=O) groups excluding carboxylic acids is 1. The van der Waals surface area contributed by atoms with E-state index >= 15 is 0 Å². The summed E-state index contributed by atoms with van der Waals surface area (Å²) in [4.78, 5) is 18.5. The van der Waals surface area contributed by atoms with Crippen LogP contribution in [0.3, 0.4) is 0 Å². The fourth-order valence-corrected chi connectivity index (χ4v) is 2.34. The van der Waals surface area contributed by atoms with Gasteiger partial charge in [-0.3, -0.25) is 9.78 Å². The van der Waals surface area contributed by atoms with Gasteiger partial charge in [0.25, 0.3) is 0 Å². The molecule has 6 heteroatoms. The van der Waals surface area contributed by atoms with Crippen LogP contribution in [-0.2, 0) is 4.79 Å². The number of hydrogen-bond donors (Lipinski definition) is 2. The Morgan fingerprint density at radius 1 is 1.48 bits per heavy atom. The van der Waals surface area contributed by atoms with Crippen molar-refractivity contribution in [3.63, 3.8) is 0 Å². The van der Waals surface area contributed by atoms with E-state index in [9.17, 15) is 4.79 Å². The number of nitrogens with two attached hydrogens (primary N) is 1. The second-order valence-electron chi connectivity index (χ2n) is 5.66. The molecule has 0 radical (unpaired) electrons. The van der Waals surface area contributed by atoms with Gasteiger partial charge in [0.15, 0.2) is 0 Å². The standard InChI is InChI=1S/C15H24N4OS/c1-9(2)7-17-13(20)8-19(5)12-6-10(3)18-11(4)14(12)15(16)21/h6,9H,7-8H2,1-5H3,(H2,16,21)(H,17,20). The number of amides is 1. The van der Waals surface area contributed by atoms with Crippen molar-refractivity contribution < 1.29 is 4.79 Å². The molecule has 3 N–H and O–H groups in total. The number of thiocarbonyl (C=S) groups is 1. The van der Waals surface area contributed by atoms with E-state index in [-0.39, 0.29) is 12.5 Å². The number of nitrogens with one attached hydrogen (secondary N) is 1. The average Bonchev–Trinajstić information content (AvgIpc) is 2.34. The third-order valence-electron chi connectivity index (χ3n) is 3.05. The van der Waals surface area contributed by atoms with Gasteiger partial charge in [0.05, 0.1) is 17.8 Å². The first kappa shape index (κ1) is 17.4. The lowest BCUT2D eigenvalue weighted by molar-refractivity contribution is -0.119. The highest BCUT2D eigenvalue weighted by Gasteiger charge is 2.16. The van der Waals surface area contributed by atoms with Crippen LogP contribution in [0.25, 0.3) is 0 Å². The molecule has 0 bridgehead atoms. The highest BCUT2D eigenvalue weighted by molar-refractivity contribution is 7.80. The predicted molar refractivity (Wildman–Crippen MR) is 90.7 cm³/mol. The highest BCUT2D eigenvalue weighted by Crippen LogP contribution is 2.22.